The van der Waals surface area contributed by atoms with E-state index in [1.165, 1.54) is 0 Å². The van der Waals surface area contributed by atoms with Crippen molar-refractivity contribution in [3.63, 3.8) is 0 Å². The summed E-state index contributed by atoms with van der Waals surface area (Å²) in [4.78, 5) is 19.2. The van der Waals surface area contributed by atoms with Crippen molar-refractivity contribution in [2.75, 3.05) is 32.5 Å². The highest BCUT2D eigenvalue weighted by Gasteiger charge is 2.30. The van der Waals surface area contributed by atoms with E-state index in [2.05, 4.69) is 32.7 Å². The van der Waals surface area contributed by atoms with Gasteiger partial charge < -0.3 is 13.9 Å². The third-order valence-corrected chi connectivity index (χ3v) is 6.33. The van der Waals surface area contributed by atoms with E-state index in [4.69, 9.17) is 9.05 Å². The first kappa shape index (κ1) is 26.5. The molecule has 0 aliphatic rings. The molecule has 0 saturated heterocycles. The molecular weight excluding hydrogens is 399 g/mol. The van der Waals surface area contributed by atoms with Crippen LogP contribution in [0.25, 0.3) is 0 Å². The summed E-state index contributed by atoms with van der Waals surface area (Å²) >= 11 is 0. The standard InChI is InChI=1S/C23H39N2O4P/c1-5-9-18-28-30(27,29-19-10-6-2)20-22(25(16-7-3)17-8-4)24-23(26)21-14-12-11-13-15-21/h11-15H,5-10,16-20H2,1-4H3. The van der Waals surface area contributed by atoms with Crippen molar-refractivity contribution in [2.45, 2.75) is 66.2 Å². The van der Waals surface area contributed by atoms with Crippen molar-refractivity contribution in [3.8, 4) is 0 Å². The lowest BCUT2D eigenvalue weighted by Crippen LogP contribution is -2.36. The largest absolute Gasteiger partial charge is 0.359 e. The Morgan fingerprint density at radius 1 is 0.900 bits per heavy atom. The zero-order chi connectivity index (χ0) is 22.2. The molecule has 0 aliphatic heterocycles. The van der Waals surface area contributed by atoms with Gasteiger partial charge in [-0.2, -0.15) is 4.99 Å². The van der Waals surface area contributed by atoms with Gasteiger partial charge in [0.05, 0.1) is 13.2 Å². The average Bonchev–Trinajstić information content (AvgIpc) is 2.74. The van der Waals surface area contributed by atoms with Crippen molar-refractivity contribution >= 4 is 19.3 Å². The molecule has 0 aromatic heterocycles. The van der Waals surface area contributed by atoms with E-state index >= 15 is 0 Å². The third kappa shape index (κ3) is 10.0. The Kier molecular flexibility index (Phi) is 13.6. The molecule has 170 valence electrons. The van der Waals surface area contributed by atoms with Gasteiger partial charge in [-0.3, -0.25) is 9.36 Å². The van der Waals surface area contributed by atoms with Crippen LogP contribution in [0.5, 0.6) is 0 Å². The number of hydrogen-bond acceptors (Lipinski definition) is 4. The highest BCUT2D eigenvalue weighted by Crippen LogP contribution is 2.49. The number of amidine groups is 1. The summed E-state index contributed by atoms with van der Waals surface area (Å²) in [5.41, 5.74) is 0.511. The van der Waals surface area contributed by atoms with Gasteiger partial charge >= 0.3 is 7.60 Å². The van der Waals surface area contributed by atoms with Crippen LogP contribution in [0.1, 0.15) is 76.6 Å². The predicted octanol–water partition coefficient (Wildman–Crippen LogP) is 6.17. The Morgan fingerprint density at radius 2 is 1.43 bits per heavy atom. The topological polar surface area (TPSA) is 68.2 Å². The molecule has 6 nitrogen and oxygen atoms in total. The minimum absolute atomic E-state index is 0.0129. The normalized spacial score (nSPS) is 12.2. The maximum Gasteiger partial charge on any atom is 0.338 e. The summed E-state index contributed by atoms with van der Waals surface area (Å²) in [7, 11) is -3.41. The van der Waals surface area contributed by atoms with E-state index in [1.807, 2.05) is 23.1 Å². The summed E-state index contributed by atoms with van der Waals surface area (Å²) in [6.45, 7) is 10.5. The van der Waals surface area contributed by atoms with Crippen LogP contribution in [0.15, 0.2) is 35.3 Å². The molecule has 0 spiro atoms. The highest BCUT2D eigenvalue weighted by molar-refractivity contribution is 7.54. The van der Waals surface area contributed by atoms with Crippen molar-refractivity contribution < 1.29 is 18.4 Å². The van der Waals surface area contributed by atoms with E-state index in [0.717, 1.165) is 51.6 Å². The molecular formula is C23H39N2O4P. The van der Waals surface area contributed by atoms with E-state index in [1.54, 1.807) is 12.1 Å². The monoisotopic (exact) mass is 438 g/mol. The van der Waals surface area contributed by atoms with Gasteiger partial charge in [0.25, 0.3) is 5.91 Å². The zero-order valence-electron chi connectivity index (χ0n) is 19.1. The van der Waals surface area contributed by atoms with Gasteiger partial charge in [0.15, 0.2) is 0 Å². The summed E-state index contributed by atoms with van der Waals surface area (Å²) < 4.78 is 25.1. The summed E-state index contributed by atoms with van der Waals surface area (Å²) in [6.07, 6.45) is 5.32. The second-order valence-electron chi connectivity index (χ2n) is 7.33. The summed E-state index contributed by atoms with van der Waals surface area (Å²) in [5.74, 6) is 0.153. The van der Waals surface area contributed by atoms with Crippen LogP contribution < -0.4 is 0 Å². The van der Waals surface area contributed by atoms with Crippen LogP contribution >= 0.6 is 7.60 Å². The second kappa shape index (κ2) is 15.3. The van der Waals surface area contributed by atoms with Gasteiger partial charge in [-0.15, -0.1) is 0 Å². The maximum absolute atomic E-state index is 13.5. The summed E-state index contributed by atoms with van der Waals surface area (Å²) in [6, 6.07) is 8.96. The van der Waals surface area contributed by atoms with Crippen molar-refractivity contribution in [3.05, 3.63) is 35.9 Å². The molecule has 0 N–H and O–H groups in total. The van der Waals surface area contributed by atoms with Crippen LogP contribution in [0.2, 0.25) is 0 Å². The fraction of sp³-hybridized carbons (Fsp3) is 0.652. The molecule has 1 amide bonds. The van der Waals surface area contributed by atoms with Crippen LogP contribution in [0.3, 0.4) is 0 Å². The number of hydrogen-bond donors (Lipinski definition) is 0. The zero-order valence-corrected chi connectivity index (χ0v) is 20.0. The van der Waals surface area contributed by atoms with Crippen molar-refractivity contribution in [2.24, 2.45) is 4.99 Å². The van der Waals surface area contributed by atoms with Crippen LogP contribution in [-0.4, -0.2) is 49.1 Å². The van der Waals surface area contributed by atoms with Crippen LogP contribution in [0.4, 0.5) is 0 Å². The number of unbranched alkanes of at least 4 members (excludes halogenated alkanes) is 2. The van der Waals surface area contributed by atoms with E-state index in [0.29, 0.717) is 24.6 Å². The Morgan fingerprint density at radius 3 is 1.90 bits per heavy atom. The number of nitrogens with zero attached hydrogens (tertiary/aromatic N) is 2. The van der Waals surface area contributed by atoms with Gasteiger partial charge in [-0.05, 0) is 37.8 Å². The number of rotatable bonds is 15. The second-order valence-corrected chi connectivity index (χ2v) is 9.38. The molecule has 0 radical (unpaired) electrons. The van der Waals surface area contributed by atoms with Crippen LogP contribution in [0, 0.1) is 0 Å². The van der Waals surface area contributed by atoms with Crippen molar-refractivity contribution in [1.82, 2.24) is 4.90 Å². The van der Waals surface area contributed by atoms with Gasteiger partial charge in [-0.25, -0.2) is 0 Å². The molecule has 0 unspecified atom stereocenters. The molecule has 0 heterocycles. The maximum atomic E-state index is 13.5. The molecule has 0 aliphatic carbocycles. The van der Waals surface area contributed by atoms with Crippen LogP contribution in [-0.2, 0) is 13.6 Å². The molecule has 0 atom stereocenters. The Balaban J connectivity index is 3.19. The first-order valence-electron chi connectivity index (χ1n) is 11.3. The molecule has 1 aromatic rings. The number of carbonyl (C=O) groups is 1. The highest BCUT2D eigenvalue weighted by atomic mass is 31.2. The number of benzene rings is 1. The van der Waals surface area contributed by atoms with Gasteiger partial charge in [0, 0.05) is 18.7 Å². The van der Waals surface area contributed by atoms with Gasteiger partial charge in [0.2, 0.25) is 0 Å². The van der Waals surface area contributed by atoms with Gasteiger partial charge in [0.1, 0.15) is 12.0 Å². The SMILES string of the molecule is CCCCOP(=O)(CC(=NC(=O)c1ccccc1)N(CCC)CCC)OCCCC. The van der Waals surface area contributed by atoms with E-state index in [9.17, 15) is 9.36 Å². The molecule has 0 saturated carbocycles. The van der Waals surface area contributed by atoms with E-state index < -0.39 is 7.60 Å². The quantitative estimate of drug-likeness (QED) is 0.142. The molecule has 1 aromatic carbocycles. The molecule has 30 heavy (non-hydrogen) atoms. The first-order chi connectivity index (χ1) is 14.5. The number of aliphatic imine (C=N–C) groups is 1. The smallest absolute Gasteiger partial charge is 0.338 e. The lowest BCUT2D eigenvalue weighted by Gasteiger charge is -2.28. The van der Waals surface area contributed by atoms with E-state index in [-0.39, 0.29) is 12.1 Å². The Bertz CT molecular complexity index is 659. The first-order valence-corrected chi connectivity index (χ1v) is 13.0. The Hall–Kier alpha value is -1.49. The fourth-order valence-corrected chi connectivity index (χ4v) is 4.56. The molecule has 0 bridgehead atoms. The third-order valence-electron chi connectivity index (χ3n) is 4.51. The number of carbonyl (C=O) groups excluding carboxylic acids is 1. The Labute approximate surface area is 182 Å². The fourth-order valence-electron chi connectivity index (χ4n) is 2.88. The van der Waals surface area contributed by atoms with Gasteiger partial charge in [-0.1, -0.05) is 58.7 Å². The molecule has 0 fully saturated rings. The molecule has 7 heteroatoms. The predicted molar refractivity (Wildman–Crippen MR) is 125 cm³/mol. The minimum atomic E-state index is -3.41. The number of amides is 1. The lowest BCUT2D eigenvalue weighted by molar-refractivity contribution is 0.100. The minimum Gasteiger partial charge on any atom is -0.359 e. The lowest BCUT2D eigenvalue weighted by atomic mass is 10.2. The average molecular weight is 439 g/mol. The molecule has 1 rings (SSSR count). The van der Waals surface area contributed by atoms with Crippen molar-refractivity contribution in [1.29, 1.82) is 0 Å². The summed E-state index contributed by atoms with van der Waals surface area (Å²) in [5, 5.41) is 0.